The second-order valence-electron chi connectivity index (χ2n) is 12.6. The fourth-order valence-corrected chi connectivity index (χ4v) is 6.94. The molecule has 4 N–H and O–H groups in total. The van der Waals surface area contributed by atoms with E-state index < -0.39 is 7.12 Å². The first kappa shape index (κ1) is 37.1. The molecular formula is C40H43BN4O8. The van der Waals surface area contributed by atoms with E-state index in [-0.39, 0.29) is 23.3 Å². The van der Waals surface area contributed by atoms with Crippen LogP contribution in [-0.4, -0.2) is 76.5 Å². The summed E-state index contributed by atoms with van der Waals surface area (Å²) in [6.45, 7) is 4.35. The third kappa shape index (κ3) is 8.06. The maximum Gasteiger partial charge on any atom is 0.493 e. The van der Waals surface area contributed by atoms with Gasteiger partial charge in [-0.25, -0.2) is 19.6 Å². The highest BCUT2D eigenvalue weighted by Crippen LogP contribution is 2.39. The van der Waals surface area contributed by atoms with Gasteiger partial charge in [-0.3, -0.25) is 0 Å². The minimum atomic E-state index is -1.53. The van der Waals surface area contributed by atoms with Gasteiger partial charge in [-0.05, 0) is 123 Å². The van der Waals surface area contributed by atoms with E-state index in [9.17, 15) is 9.59 Å². The van der Waals surface area contributed by atoms with Gasteiger partial charge in [-0.2, -0.15) is 0 Å². The third-order valence-electron chi connectivity index (χ3n) is 9.33. The molecule has 0 spiro atoms. The van der Waals surface area contributed by atoms with Gasteiger partial charge in [-0.15, -0.1) is 0 Å². The van der Waals surface area contributed by atoms with Gasteiger partial charge < -0.3 is 39.0 Å². The number of hydrogen-bond donors (Lipinski definition) is 4. The van der Waals surface area contributed by atoms with Crippen LogP contribution >= 0.6 is 0 Å². The maximum absolute atomic E-state index is 12.5. The molecule has 0 saturated heterocycles. The van der Waals surface area contributed by atoms with E-state index >= 15 is 0 Å². The molecule has 13 heteroatoms. The highest BCUT2D eigenvalue weighted by molar-refractivity contribution is 6.59. The lowest BCUT2D eigenvalue weighted by molar-refractivity contribution is 0.0511. The van der Waals surface area contributed by atoms with Crippen molar-refractivity contribution in [1.29, 1.82) is 0 Å². The summed E-state index contributed by atoms with van der Waals surface area (Å²) >= 11 is 0. The summed E-state index contributed by atoms with van der Waals surface area (Å²) in [5, 5.41) is 19.7. The van der Waals surface area contributed by atoms with E-state index in [1.165, 1.54) is 54.5 Å². The van der Waals surface area contributed by atoms with Crippen molar-refractivity contribution in [3.63, 3.8) is 0 Å². The molecule has 0 amide bonds. The van der Waals surface area contributed by atoms with Crippen molar-refractivity contribution in [2.45, 2.75) is 52.4 Å². The molecule has 4 heterocycles. The zero-order chi connectivity index (χ0) is 37.5. The monoisotopic (exact) mass is 718 g/mol. The molecule has 2 aliphatic carbocycles. The van der Waals surface area contributed by atoms with Crippen molar-refractivity contribution in [2.75, 3.05) is 27.4 Å². The highest BCUT2D eigenvalue weighted by Gasteiger charge is 2.25. The first-order chi connectivity index (χ1) is 25.8. The van der Waals surface area contributed by atoms with Gasteiger partial charge in [0.2, 0.25) is 11.8 Å². The number of carbonyl (C=O) groups excluding carboxylic acids is 2. The molecule has 274 valence electrons. The molecule has 0 aliphatic heterocycles. The topological polar surface area (TPSA) is 169 Å². The van der Waals surface area contributed by atoms with Crippen LogP contribution in [0.2, 0.25) is 0 Å². The molecule has 0 fully saturated rings. The molecule has 12 nitrogen and oxygen atoms in total. The highest BCUT2D eigenvalue weighted by atomic mass is 16.5. The SMILES string of the molecule is CCOC(=O)c1[nH]c2cc3c(cc2c1-c1cccnc1OC)CCC3.CCOC(=O)c1cc2cc3c(cc2[nH]1)CCC3.COc1ncccc1B(O)O. The van der Waals surface area contributed by atoms with E-state index in [4.69, 9.17) is 29.0 Å². The summed E-state index contributed by atoms with van der Waals surface area (Å²) in [6.07, 6.45) is 10.1. The van der Waals surface area contributed by atoms with Crippen molar-refractivity contribution >= 4 is 46.3 Å². The van der Waals surface area contributed by atoms with Gasteiger partial charge in [0.05, 0.1) is 27.4 Å². The standard InChI is InChI=1S/C20H20N2O3.C14H15NO2.C6H8BNO3/c1-3-25-20(23)18-17(14-8-5-9-21-19(14)24-2)15-10-12-6-4-7-13(12)11-16(15)22-18;1-2-17-14(16)13-8-11-6-9-4-3-5-10(9)7-12(11)15-13;1-11-6-5(7(9)10)3-2-4-8-6/h5,8-11,22H,3-4,6-7H2,1-2H3;6-8,15H,2-5H2,1H3;2-4,9-10H,1H3. The predicted molar refractivity (Wildman–Crippen MR) is 203 cm³/mol. The van der Waals surface area contributed by atoms with Crippen LogP contribution < -0.4 is 14.9 Å². The Kier molecular flexibility index (Phi) is 11.8. The number of pyridine rings is 2. The number of esters is 2. The van der Waals surface area contributed by atoms with Crippen LogP contribution in [0.4, 0.5) is 0 Å². The van der Waals surface area contributed by atoms with E-state index in [2.05, 4.69) is 44.2 Å². The number of nitrogens with zero attached hydrogens (tertiary/aromatic N) is 2. The normalized spacial score (nSPS) is 12.6. The van der Waals surface area contributed by atoms with Gasteiger partial charge in [-0.1, -0.05) is 6.07 Å². The molecule has 0 radical (unpaired) electrons. The molecule has 2 aliphatic rings. The number of H-pyrrole nitrogens is 2. The lowest BCUT2D eigenvalue weighted by atomic mass is 9.81. The van der Waals surface area contributed by atoms with Gasteiger partial charge in [0.1, 0.15) is 11.4 Å². The summed E-state index contributed by atoms with van der Waals surface area (Å²) in [5.74, 6) is 0.0978. The lowest BCUT2D eigenvalue weighted by Gasteiger charge is -2.09. The molecule has 4 aromatic heterocycles. The fraction of sp³-hybridized carbons (Fsp3) is 0.300. The minimum absolute atomic E-state index is 0.238. The smallest absolute Gasteiger partial charge is 0.481 e. The number of methoxy groups -OCH3 is 2. The number of fused-ring (bicyclic) bond motifs is 4. The predicted octanol–water partition coefficient (Wildman–Crippen LogP) is 5.51. The molecule has 8 rings (SSSR count). The van der Waals surface area contributed by atoms with Crippen molar-refractivity contribution in [3.05, 3.63) is 101 Å². The van der Waals surface area contributed by atoms with Crippen LogP contribution in [0, 0.1) is 0 Å². The number of nitrogens with one attached hydrogen (secondary N) is 2. The van der Waals surface area contributed by atoms with Crippen LogP contribution in [-0.2, 0) is 35.2 Å². The summed E-state index contributed by atoms with van der Waals surface area (Å²) in [6, 6.07) is 17.5. The van der Waals surface area contributed by atoms with Crippen LogP contribution in [0.3, 0.4) is 0 Å². The molecular weight excluding hydrogens is 675 g/mol. The van der Waals surface area contributed by atoms with Crippen molar-refractivity contribution in [2.24, 2.45) is 0 Å². The molecule has 0 unspecified atom stereocenters. The summed E-state index contributed by atoms with van der Waals surface area (Å²) in [5.41, 5.74) is 10.4. The summed E-state index contributed by atoms with van der Waals surface area (Å²) < 4.78 is 20.5. The molecule has 0 atom stereocenters. The number of benzene rings is 2. The van der Waals surface area contributed by atoms with Gasteiger partial charge >= 0.3 is 19.1 Å². The average Bonchev–Trinajstić information content (AvgIpc) is 3.99. The largest absolute Gasteiger partial charge is 0.493 e. The summed E-state index contributed by atoms with van der Waals surface area (Å²) in [7, 11) is 1.48. The van der Waals surface area contributed by atoms with Crippen molar-refractivity contribution < 1.29 is 38.6 Å². The second kappa shape index (κ2) is 16.8. The van der Waals surface area contributed by atoms with Gasteiger partial charge in [0.15, 0.2) is 0 Å². The Hall–Kier alpha value is -5.66. The lowest BCUT2D eigenvalue weighted by Crippen LogP contribution is -2.31. The van der Waals surface area contributed by atoms with Crippen LogP contribution in [0.1, 0.15) is 69.9 Å². The summed E-state index contributed by atoms with van der Waals surface area (Å²) in [4.78, 5) is 38.6. The Morgan fingerprint density at radius 1 is 0.736 bits per heavy atom. The number of carbonyl (C=O) groups is 2. The molecule has 0 saturated carbocycles. The zero-order valence-corrected chi connectivity index (χ0v) is 30.3. The molecule has 2 aromatic carbocycles. The Bertz CT molecular complexity index is 2200. The first-order valence-electron chi connectivity index (χ1n) is 17.8. The number of aromatic amines is 2. The van der Waals surface area contributed by atoms with E-state index in [1.54, 1.807) is 26.3 Å². The van der Waals surface area contributed by atoms with E-state index in [0.717, 1.165) is 58.6 Å². The van der Waals surface area contributed by atoms with E-state index in [0.29, 0.717) is 30.5 Å². The van der Waals surface area contributed by atoms with Crippen molar-refractivity contribution in [3.8, 4) is 22.9 Å². The number of aromatic nitrogens is 4. The number of ether oxygens (including phenoxy) is 4. The quantitative estimate of drug-likeness (QED) is 0.116. The second-order valence-corrected chi connectivity index (χ2v) is 12.6. The Labute approximate surface area is 307 Å². The molecule has 0 bridgehead atoms. The van der Waals surface area contributed by atoms with Crippen LogP contribution in [0.15, 0.2) is 67.0 Å². The fourth-order valence-electron chi connectivity index (χ4n) is 6.94. The first-order valence-corrected chi connectivity index (χ1v) is 17.8. The van der Waals surface area contributed by atoms with Crippen LogP contribution in [0.25, 0.3) is 32.9 Å². The molecule has 6 aromatic rings. The average molecular weight is 719 g/mol. The maximum atomic E-state index is 12.5. The Morgan fingerprint density at radius 3 is 1.94 bits per heavy atom. The van der Waals surface area contributed by atoms with Crippen LogP contribution in [0.5, 0.6) is 11.8 Å². The minimum Gasteiger partial charge on any atom is -0.481 e. The number of rotatable bonds is 8. The number of hydrogen-bond acceptors (Lipinski definition) is 10. The molecule has 53 heavy (non-hydrogen) atoms. The van der Waals surface area contributed by atoms with Crippen molar-refractivity contribution in [1.82, 2.24) is 19.9 Å². The Morgan fingerprint density at radius 2 is 1.32 bits per heavy atom. The van der Waals surface area contributed by atoms with Gasteiger partial charge in [0, 0.05) is 50.8 Å². The number of aryl methyl sites for hydroxylation is 4. The Balaban J connectivity index is 0.000000148. The van der Waals surface area contributed by atoms with E-state index in [1.807, 2.05) is 25.1 Å². The third-order valence-corrected chi connectivity index (χ3v) is 9.33. The zero-order valence-electron chi connectivity index (χ0n) is 30.3. The van der Waals surface area contributed by atoms with Gasteiger partial charge in [0.25, 0.3) is 0 Å².